The van der Waals surface area contributed by atoms with E-state index < -0.39 is 11.6 Å². The average Bonchev–Trinajstić information content (AvgIpc) is 2.83. The van der Waals surface area contributed by atoms with Crippen molar-refractivity contribution in [2.45, 2.75) is 58.2 Å². The van der Waals surface area contributed by atoms with Gasteiger partial charge in [-0.25, -0.2) is 13.2 Å². The molecule has 0 atom stereocenters. The van der Waals surface area contributed by atoms with E-state index in [1.165, 1.54) is 25.0 Å². The molecule has 0 unspecified atom stereocenters. The Balaban J connectivity index is 1.34. The Labute approximate surface area is 193 Å². The van der Waals surface area contributed by atoms with Gasteiger partial charge in [0, 0.05) is 17.7 Å². The lowest BCUT2D eigenvalue weighted by atomic mass is 9.98. The fraction of sp³-hybridized carbons (Fsp3) is 0.429. The van der Waals surface area contributed by atoms with Crippen molar-refractivity contribution in [1.29, 1.82) is 0 Å². The largest absolute Gasteiger partial charge is 0.352 e. The predicted octanol–water partition coefficient (Wildman–Crippen LogP) is 7.15. The quantitative estimate of drug-likeness (QED) is 0.340. The molecule has 176 valence electrons. The van der Waals surface area contributed by atoms with Gasteiger partial charge in [-0.3, -0.25) is 0 Å². The molecule has 0 aliphatic carbocycles. The molecule has 1 aliphatic rings. The van der Waals surface area contributed by atoms with Gasteiger partial charge in [-0.15, -0.1) is 0 Å². The Kier molecular flexibility index (Phi) is 8.05. The second kappa shape index (κ2) is 11.2. The Morgan fingerprint density at radius 3 is 2.30 bits per heavy atom. The van der Waals surface area contributed by atoms with Gasteiger partial charge in [0.2, 0.25) is 0 Å². The van der Waals surface area contributed by atoms with Gasteiger partial charge in [0.25, 0.3) is 0 Å². The first-order valence-electron chi connectivity index (χ1n) is 11.9. The molecule has 1 fully saturated rings. The van der Waals surface area contributed by atoms with Gasteiger partial charge < -0.3 is 9.47 Å². The number of unbranched alkanes of at least 4 members (excludes halogenated alkanes) is 1. The molecule has 4 rings (SSSR count). The first kappa shape index (κ1) is 23.8. The molecule has 33 heavy (non-hydrogen) atoms. The van der Waals surface area contributed by atoms with Crippen LogP contribution in [0.3, 0.4) is 0 Å². The smallest absolute Gasteiger partial charge is 0.159 e. The number of hydrogen-bond donors (Lipinski definition) is 0. The van der Waals surface area contributed by atoms with E-state index >= 15 is 4.39 Å². The lowest BCUT2D eigenvalue weighted by Gasteiger charge is -2.29. The van der Waals surface area contributed by atoms with Crippen LogP contribution in [-0.4, -0.2) is 19.5 Å². The number of rotatable bonds is 9. The number of benzene rings is 3. The van der Waals surface area contributed by atoms with E-state index in [1.54, 1.807) is 6.07 Å². The van der Waals surface area contributed by atoms with Gasteiger partial charge in [-0.05, 0) is 59.9 Å². The number of ether oxygens (including phenoxy) is 2. The third-order valence-corrected chi connectivity index (χ3v) is 6.44. The van der Waals surface area contributed by atoms with Crippen LogP contribution in [0.15, 0.2) is 48.5 Å². The van der Waals surface area contributed by atoms with Crippen LogP contribution in [0.2, 0.25) is 0 Å². The van der Waals surface area contributed by atoms with Crippen LogP contribution in [0.5, 0.6) is 0 Å². The molecule has 0 radical (unpaired) electrons. The van der Waals surface area contributed by atoms with Crippen LogP contribution in [-0.2, 0) is 28.7 Å². The van der Waals surface area contributed by atoms with E-state index in [1.807, 2.05) is 24.3 Å². The number of fused-ring (bicyclic) bond motifs is 1. The van der Waals surface area contributed by atoms with Gasteiger partial charge in [-0.1, -0.05) is 56.2 Å². The fourth-order valence-corrected chi connectivity index (χ4v) is 4.40. The van der Waals surface area contributed by atoms with Crippen LogP contribution in [0, 0.1) is 23.4 Å². The van der Waals surface area contributed by atoms with Crippen molar-refractivity contribution in [3.8, 4) is 0 Å². The fourth-order valence-electron chi connectivity index (χ4n) is 4.40. The Bertz CT molecular complexity index is 1070. The molecule has 3 aromatic carbocycles. The van der Waals surface area contributed by atoms with Gasteiger partial charge in [0.05, 0.1) is 13.2 Å². The Hall–Kier alpha value is -2.37. The molecule has 0 amide bonds. The summed E-state index contributed by atoms with van der Waals surface area (Å²) in [4.78, 5) is 0. The molecular formula is C28H31F3O2. The van der Waals surface area contributed by atoms with E-state index in [0.717, 1.165) is 49.5 Å². The van der Waals surface area contributed by atoms with Crippen LogP contribution < -0.4 is 0 Å². The molecule has 1 saturated heterocycles. The number of aryl methyl sites for hydroxylation is 3. The first-order valence-corrected chi connectivity index (χ1v) is 11.9. The summed E-state index contributed by atoms with van der Waals surface area (Å²) in [6, 6.07) is 13.3. The van der Waals surface area contributed by atoms with E-state index in [-0.39, 0.29) is 12.1 Å². The zero-order chi connectivity index (χ0) is 23.2. The highest BCUT2D eigenvalue weighted by atomic mass is 19.2. The monoisotopic (exact) mass is 456 g/mol. The van der Waals surface area contributed by atoms with E-state index in [4.69, 9.17) is 9.47 Å². The van der Waals surface area contributed by atoms with Gasteiger partial charge in [0.15, 0.2) is 17.9 Å². The van der Waals surface area contributed by atoms with Crippen molar-refractivity contribution in [2.75, 3.05) is 13.2 Å². The maximum absolute atomic E-state index is 15.1. The van der Waals surface area contributed by atoms with Crippen LogP contribution in [0.1, 0.15) is 49.3 Å². The summed E-state index contributed by atoms with van der Waals surface area (Å²) < 4.78 is 53.3. The minimum absolute atomic E-state index is 0.172. The summed E-state index contributed by atoms with van der Waals surface area (Å²) in [6.07, 6.45) is 5.83. The van der Waals surface area contributed by atoms with Gasteiger partial charge in [0.1, 0.15) is 5.82 Å². The normalized spacial score (nSPS) is 18.7. The molecule has 0 N–H and O–H groups in total. The maximum Gasteiger partial charge on any atom is 0.159 e. The SMILES string of the molecule is CCCCC1COC(CCc2ccc3c(F)c(CCc4ccc(F)c(F)c4)ccc3c2)OC1. The van der Waals surface area contributed by atoms with Crippen LogP contribution >= 0.6 is 0 Å². The molecule has 2 nitrogen and oxygen atoms in total. The van der Waals surface area contributed by atoms with Crippen molar-refractivity contribution in [2.24, 2.45) is 5.92 Å². The van der Waals surface area contributed by atoms with Crippen molar-refractivity contribution < 1.29 is 22.6 Å². The summed E-state index contributed by atoms with van der Waals surface area (Å²) in [7, 11) is 0. The van der Waals surface area contributed by atoms with Crippen LogP contribution in [0.25, 0.3) is 10.8 Å². The van der Waals surface area contributed by atoms with Crippen molar-refractivity contribution in [1.82, 2.24) is 0 Å². The molecule has 0 saturated carbocycles. The predicted molar refractivity (Wildman–Crippen MR) is 125 cm³/mol. The first-order chi connectivity index (χ1) is 16.0. The lowest BCUT2D eigenvalue weighted by Crippen LogP contribution is -2.32. The molecular weight excluding hydrogens is 425 g/mol. The highest BCUT2D eigenvalue weighted by molar-refractivity contribution is 5.84. The molecule has 3 aromatic rings. The van der Waals surface area contributed by atoms with Crippen molar-refractivity contribution in [3.05, 3.63) is 82.7 Å². The molecule has 1 heterocycles. The summed E-state index contributed by atoms with van der Waals surface area (Å²) in [5, 5.41) is 1.43. The topological polar surface area (TPSA) is 18.5 Å². The Morgan fingerprint density at radius 2 is 1.55 bits per heavy atom. The molecule has 1 aliphatic heterocycles. The van der Waals surface area contributed by atoms with Crippen molar-refractivity contribution >= 4 is 10.8 Å². The van der Waals surface area contributed by atoms with Gasteiger partial charge >= 0.3 is 0 Å². The highest BCUT2D eigenvalue weighted by Crippen LogP contribution is 2.25. The minimum Gasteiger partial charge on any atom is -0.352 e. The standard InChI is InChI=1S/C28H31F3O2/c1-2-3-4-21-17-32-27(33-18-21)14-8-19-6-12-24-23(15-19)11-10-22(28(24)31)9-5-20-7-13-25(29)26(30)16-20/h6-7,10-13,15-16,21,27H,2-5,8-9,14,17-18H2,1H3. The second-order valence-electron chi connectivity index (χ2n) is 8.99. The molecule has 0 spiro atoms. The zero-order valence-electron chi connectivity index (χ0n) is 19.1. The second-order valence-corrected chi connectivity index (χ2v) is 8.99. The summed E-state index contributed by atoms with van der Waals surface area (Å²) >= 11 is 0. The summed E-state index contributed by atoms with van der Waals surface area (Å²) in [6.45, 7) is 3.72. The molecule has 0 aromatic heterocycles. The zero-order valence-corrected chi connectivity index (χ0v) is 19.1. The average molecular weight is 457 g/mol. The highest BCUT2D eigenvalue weighted by Gasteiger charge is 2.21. The third-order valence-electron chi connectivity index (χ3n) is 6.44. The van der Waals surface area contributed by atoms with E-state index in [2.05, 4.69) is 6.92 Å². The molecule has 5 heteroatoms. The third kappa shape index (κ3) is 6.15. The minimum atomic E-state index is -0.876. The number of halogens is 3. The molecule has 0 bridgehead atoms. The van der Waals surface area contributed by atoms with E-state index in [0.29, 0.717) is 35.3 Å². The maximum atomic E-state index is 15.1. The van der Waals surface area contributed by atoms with Crippen LogP contribution in [0.4, 0.5) is 13.2 Å². The number of hydrogen-bond acceptors (Lipinski definition) is 2. The lowest BCUT2D eigenvalue weighted by molar-refractivity contribution is -0.203. The summed E-state index contributed by atoms with van der Waals surface area (Å²) in [5.74, 6) is -1.50. The Morgan fingerprint density at radius 1 is 0.788 bits per heavy atom. The van der Waals surface area contributed by atoms with Gasteiger partial charge in [-0.2, -0.15) is 0 Å². The van der Waals surface area contributed by atoms with E-state index in [9.17, 15) is 8.78 Å². The van der Waals surface area contributed by atoms with Crippen molar-refractivity contribution in [3.63, 3.8) is 0 Å². The summed E-state index contributed by atoms with van der Waals surface area (Å²) in [5.41, 5.74) is 2.34.